The molecule has 0 aliphatic heterocycles. The standard InChI is InChI=1S/C13H28N2/c1-11(2)12(3)9-15-8-7-13(10-14)5-4-6-13/h11-12,15H,4-10,14H2,1-3H3. The third-order valence-electron chi connectivity index (χ3n) is 4.28. The molecular formula is C13H28N2. The second-order valence-electron chi connectivity index (χ2n) is 5.73. The molecule has 0 radical (unpaired) electrons. The Morgan fingerprint density at radius 3 is 2.33 bits per heavy atom. The largest absolute Gasteiger partial charge is 0.330 e. The molecule has 3 N–H and O–H groups in total. The van der Waals surface area contributed by atoms with E-state index in [1.807, 2.05) is 0 Å². The highest BCUT2D eigenvalue weighted by atomic mass is 14.9. The summed E-state index contributed by atoms with van der Waals surface area (Å²) < 4.78 is 0. The van der Waals surface area contributed by atoms with Crippen LogP contribution < -0.4 is 11.1 Å². The number of nitrogens with two attached hydrogens (primary N) is 1. The van der Waals surface area contributed by atoms with Gasteiger partial charge < -0.3 is 11.1 Å². The van der Waals surface area contributed by atoms with E-state index < -0.39 is 0 Å². The molecule has 1 rings (SSSR count). The molecule has 0 bridgehead atoms. The third-order valence-corrected chi connectivity index (χ3v) is 4.28. The van der Waals surface area contributed by atoms with Gasteiger partial charge in [-0.1, -0.05) is 27.2 Å². The van der Waals surface area contributed by atoms with Gasteiger partial charge in [0.2, 0.25) is 0 Å². The van der Waals surface area contributed by atoms with Crippen LogP contribution in [0.15, 0.2) is 0 Å². The number of hydrogen-bond acceptors (Lipinski definition) is 2. The van der Waals surface area contributed by atoms with Crippen molar-refractivity contribution < 1.29 is 0 Å². The lowest BCUT2D eigenvalue weighted by atomic mass is 9.67. The van der Waals surface area contributed by atoms with Crippen LogP contribution in [0, 0.1) is 17.3 Å². The lowest BCUT2D eigenvalue weighted by Crippen LogP contribution is -2.40. The Hall–Kier alpha value is -0.0800. The summed E-state index contributed by atoms with van der Waals surface area (Å²) in [7, 11) is 0. The molecule has 0 spiro atoms. The van der Waals surface area contributed by atoms with Crippen molar-refractivity contribution in [2.45, 2.75) is 46.5 Å². The van der Waals surface area contributed by atoms with Crippen LogP contribution in [-0.4, -0.2) is 19.6 Å². The van der Waals surface area contributed by atoms with Crippen molar-refractivity contribution in [3.05, 3.63) is 0 Å². The average Bonchev–Trinajstić information content (AvgIpc) is 2.15. The monoisotopic (exact) mass is 212 g/mol. The van der Waals surface area contributed by atoms with Crippen molar-refractivity contribution >= 4 is 0 Å². The van der Waals surface area contributed by atoms with Gasteiger partial charge in [0.15, 0.2) is 0 Å². The van der Waals surface area contributed by atoms with E-state index in [0.717, 1.165) is 31.5 Å². The predicted octanol–water partition coefficient (Wildman–Crippen LogP) is 2.39. The Balaban J connectivity index is 2.06. The van der Waals surface area contributed by atoms with Gasteiger partial charge in [0, 0.05) is 0 Å². The van der Waals surface area contributed by atoms with Gasteiger partial charge in [0.05, 0.1) is 0 Å². The lowest BCUT2D eigenvalue weighted by molar-refractivity contribution is 0.129. The maximum atomic E-state index is 5.83. The van der Waals surface area contributed by atoms with Crippen LogP contribution in [0.4, 0.5) is 0 Å². The van der Waals surface area contributed by atoms with Gasteiger partial charge in [-0.15, -0.1) is 0 Å². The summed E-state index contributed by atoms with van der Waals surface area (Å²) in [6, 6.07) is 0. The van der Waals surface area contributed by atoms with Crippen LogP contribution in [-0.2, 0) is 0 Å². The Morgan fingerprint density at radius 2 is 1.93 bits per heavy atom. The van der Waals surface area contributed by atoms with Crippen molar-refractivity contribution in [3.8, 4) is 0 Å². The van der Waals surface area contributed by atoms with Crippen molar-refractivity contribution in [1.82, 2.24) is 5.32 Å². The van der Waals surface area contributed by atoms with Crippen LogP contribution in [0.3, 0.4) is 0 Å². The molecule has 15 heavy (non-hydrogen) atoms. The highest BCUT2D eigenvalue weighted by Crippen LogP contribution is 2.42. The minimum Gasteiger partial charge on any atom is -0.330 e. The molecule has 0 aromatic heterocycles. The molecule has 0 amide bonds. The highest BCUT2D eigenvalue weighted by molar-refractivity contribution is 4.88. The zero-order chi connectivity index (χ0) is 11.3. The first-order chi connectivity index (χ1) is 7.09. The minimum absolute atomic E-state index is 0.508. The highest BCUT2D eigenvalue weighted by Gasteiger charge is 2.34. The smallest absolute Gasteiger partial charge is 0.00201 e. The average molecular weight is 212 g/mol. The number of rotatable bonds is 7. The van der Waals surface area contributed by atoms with E-state index in [1.54, 1.807) is 0 Å². The summed E-state index contributed by atoms with van der Waals surface area (Å²) in [6.07, 6.45) is 5.36. The maximum absolute atomic E-state index is 5.83. The van der Waals surface area contributed by atoms with Crippen LogP contribution in [0.1, 0.15) is 46.5 Å². The molecule has 1 aliphatic carbocycles. The topological polar surface area (TPSA) is 38.0 Å². The van der Waals surface area contributed by atoms with E-state index >= 15 is 0 Å². The number of nitrogens with one attached hydrogen (secondary N) is 1. The Labute approximate surface area is 95.0 Å². The van der Waals surface area contributed by atoms with Gasteiger partial charge in [0.25, 0.3) is 0 Å². The zero-order valence-electron chi connectivity index (χ0n) is 10.7. The third kappa shape index (κ3) is 3.76. The van der Waals surface area contributed by atoms with E-state index in [2.05, 4.69) is 26.1 Å². The lowest BCUT2D eigenvalue weighted by Gasteiger charge is -2.41. The molecule has 90 valence electrons. The molecule has 2 heteroatoms. The summed E-state index contributed by atoms with van der Waals surface area (Å²) in [4.78, 5) is 0. The van der Waals surface area contributed by atoms with E-state index in [1.165, 1.54) is 25.7 Å². The van der Waals surface area contributed by atoms with Crippen LogP contribution in [0.25, 0.3) is 0 Å². The Bertz CT molecular complexity index is 168. The van der Waals surface area contributed by atoms with E-state index in [-0.39, 0.29) is 0 Å². The summed E-state index contributed by atoms with van der Waals surface area (Å²) in [6.45, 7) is 10.1. The van der Waals surface area contributed by atoms with Crippen LogP contribution in [0.5, 0.6) is 0 Å². The molecule has 1 fully saturated rings. The maximum Gasteiger partial charge on any atom is -0.00201 e. The molecule has 1 atom stereocenters. The van der Waals surface area contributed by atoms with E-state index in [4.69, 9.17) is 5.73 Å². The quantitative estimate of drug-likeness (QED) is 0.636. The van der Waals surface area contributed by atoms with Crippen LogP contribution in [0.2, 0.25) is 0 Å². The van der Waals surface area contributed by atoms with E-state index in [0.29, 0.717) is 5.41 Å². The van der Waals surface area contributed by atoms with Crippen molar-refractivity contribution in [3.63, 3.8) is 0 Å². The van der Waals surface area contributed by atoms with E-state index in [9.17, 15) is 0 Å². The molecule has 1 unspecified atom stereocenters. The number of hydrogen-bond donors (Lipinski definition) is 2. The van der Waals surface area contributed by atoms with Gasteiger partial charge in [-0.05, 0) is 56.1 Å². The first-order valence-electron chi connectivity index (χ1n) is 6.50. The molecule has 1 aliphatic rings. The molecular weight excluding hydrogens is 184 g/mol. The predicted molar refractivity (Wildman–Crippen MR) is 66.8 cm³/mol. The molecule has 1 saturated carbocycles. The Morgan fingerprint density at radius 1 is 1.27 bits per heavy atom. The van der Waals surface area contributed by atoms with Gasteiger partial charge in [0.1, 0.15) is 0 Å². The molecule has 0 aromatic rings. The molecule has 0 saturated heterocycles. The van der Waals surface area contributed by atoms with Crippen LogP contribution >= 0.6 is 0 Å². The molecule has 0 heterocycles. The van der Waals surface area contributed by atoms with Crippen molar-refractivity contribution in [2.75, 3.05) is 19.6 Å². The SMILES string of the molecule is CC(C)C(C)CNCCC1(CN)CCC1. The fraction of sp³-hybridized carbons (Fsp3) is 1.00. The summed E-state index contributed by atoms with van der Waals surface area (Å²) >= 11 is 0. The summed E-state index contributed by atoms with van der Waals surface area (Å²) in [5.41, 5.74) is 6.34. The normalized spacial score (nSPS) is 21.4. The fourth-order valence-corrected chi connectivity index (χ4v) is 2.15. The second kappa shape index (κ2) is 5.86. The van der Waals surface area contributed by atoms with Crippen molar-refractivity contribution in [2.24, 2.45) is 23.0 Å². The summed E-state index contributed by atoms with van der Waals surface area (Å²) in [5.74, 6) is 1.56. The molecule has 2 nitrogen and oxygen atoms in total. The summed E-state index contributed by atoms with van der Waals surface area (Å²) in [5, 5.41) is 3.57. The fourth-order valence-electron chi connectivity index (χ4n) is 2.15. The molecule has 0 aromatic carbocycles. The van der Waals surface area contributed by atoms with Gasteiger partial charge in [-0.25, -0.2) is 0 Å². The first-order valence-corrected chi connectivity index (χ1v) is 6.50. The zero-order valence-corrected chi connectivity index (χ0v) is 10.7. The van der Waals surface area contributed by atoms with Crippen molar-refractivity contribution in [1.29, 1.82) is 0 Å². The van der Waals surface area contributed by atoms with Gasteiger partial charge >= 0.3 is 0 Å². The van der Waals surface area contributed by atoms with Gasteiger partial charge in [-0.2, -0.15) is 0 Å². The Kier molecular flexibility index (Phi) is 5.07. The van der Waals surface area contributed by atoms with Gasteiger partial charge in [-0.3, -0.25) is 0 Å². The second-order valence-corrected chi connectivity index (χ2v) is 5.73. The minimum atomic E-state index is 0.508. The first kappa shape index (κ1) is 13.0.